The van der Waals surface area contributed by atoms with Gasteiger partial charge in [0.1, 0.15) is 5.75 Å². The second-order valence-corrected chi connectivity index (χ2v) is 4.60. The highest BCUT2D eigenvalue weighted by Gasteiger charge is 2.07. The summed E-state index contributed by atoms with van der Waals surface area (Å²) in [6, 6.07) is 14.1. The van der Waals surface area contributed by atoms with Crippen LogP contribution in [0.25, 0.3) is 0 Å². The normalized spacial score (nSPS) is 9.95. The molecule has 0 atom stereocenters. The van der Waals surface area contributed by atoms with E-state index in [1.807, 2.05) is 31.2 Å². The Bertz CT molecular complexity index is 651. The fraction of sp³-hybridized carbons (Fsp3) is 0.125. The van der Waals surface area contributed by atoms with Crippen LogP contribution in [0, 0.1) is 6.92 Å². The number of nitrogens with one attached hydrogen (secondary N) is 1. The van der Waals surface area contributed by atoms with Gasteiger partial charge in [0.25, 0.3) is 11.8 Å². The number of aryl methyl sites for hydroxylation is 1. The molecule has 0 saturated heterocycles. The molecule has 0 bridgehead atoms. The zero-order chi connectivity index (χ0) is 15.2. The van der Waals surface area contributed by atoms with Crippen LogP contribution >= 0.6 is 0 Å². The Hall–Kier alpha value is -2.82. The summed E-state index contributed by atoms with van der Waals surface area (Å²) in [4.78, 5) is 22.8. The van der Waals surface area contributed by atoms with Crippen molar-refractivity contribution in [2.45, 2.75) is 6.92 Å². The summed E-state index contributed by atoms with van der Waals surface area (Å²) < 4.78 is 5.17. The fourth-order valence-corrected chi connectivity index (χ4v) is 1.72. The Morgan fingerprint density at radius 2 is 1.86 bits per heavy atom. The molecule has 108 valence electrons. The molecule has 0 aromatic heterocycles. The molecule has 0 aliphatic rings. The fourth-order valence-electron chi connectivity index (χ4n) is 1.72. The topological polar surface area (TPSA) is 81.4 Å². The van der Waals surface area contributed by atoms with Crippen LogP contribution < -0.4 is 15.8 Å². The van der Waals surface area contributed by atoms with Crippen molar-refractivity contribution in [3.05, 3.63) is 59.7 Å². The maximum atomic E-state index is 12.1. The van der Waals surface area contributed by atoms with Gasteiger partial charge in [-0.2, -0.15) is 0 Å². The first-order chi connectivity index (χ1) is 10.0. The van der Waals surface area contributed by atoms with Crippen molar-refractivity contribution < 1.29 is 14.3 Å². The summed E-state index contributed by atoms with van der Waals surface area (Å²) >= 11 is 0. The van der Waals surface area contributed by atoms with Crippen LogP contribution in [0.4, 0.5) is 5.69 Å². The molecule has 0 heterocycles. The third-order valence-corrected chi connectivity index (χ3v) is 2.79. The molecule has 2 aromatic rings. The van der Waals surface area contributed by atoms with Gasteiger partial charge in [0.2, 0.25) is 0 Å². The summed E-state index contributed by atoms with van der Waals surface area (Å²) in [6.07, 6.45) is 0. The highest BCUT2D eigenvalue weighted by Crippen LogP contribution is 2.15. The van der Waals surface area contributed by atoms with Gasteiger partial charge >= 0.3 is 0 Å². The van der Waals surface area contributed by atoms with Gasteiger partial charge in [0.05, 0.1) is 0 Å². The number of benzene rings is 2. The van der Waals surface area contributed by atoms with E-state index in [1.54, 1.807) is 24.3 Å². The van der Waals surface area contributed by atoms with E-state index >= 15 is 0 Å². The van der Waals surface area contributed by atoms with Crippen molar-refractivity contribution in [1.29, 1.82) is 0 Å². The van der Waals surface area contributed by atoms with Gasteiger partial charge in [0.15, 0.2) is 6.61 Å². The lowest BCUT2D eigenvalue weighted by atomic mass is 10.2. The van der Waals surface area contributed by atoms with Crippen LogP contribution in [-0.2, 0) is 4.79 Å². The molecule has 2 rings (SSSR count). The Morgan fingerprint density at radius 1 is 1.14 bits per heavy atom. The van der Waals surface area contributed by atoms with Gasteiger partial charge in [-0.1, -0.05) is 23.8 Å². The number of carbonyl (C=O) groups excluding carboxylic acids is 2. The molecule has 0 fully saturated rings. The number of hydrogen-bond donors (Lipinski definition) is 2. The molecule has 5 heteroatoms. The van der Waals surface area contributed by atoms with Crippen LogP contribution in [0.3, 0.4) is 0 Å². The molecular weight excluding hydrogens is 268 g/mol. The van der Waals surface area contributed by atoms with Crippen molar-refractivity contribution in [3.63, 3.8) is 0 Å². The monoisotopic (exact) mass is 284 g/mol. The lowest BCUT2D eigenvalue weighted by Crippen LogP contribution is -2.20. The highest BCUT2D eigenvalue weighted by atomic mass is 16.5. The van der Waals surface area contributed by atoms with E-state index in [0.29, 0.717) is 17.0 Å². The molecule has 21 heavy (non-hydrogen) atoms. The summed E-state index contributed by atoms with van der Waals surface area (Å²) in [5.41, 5.74) is 7.29. The first-order valence-electron chi connectivity index (χ1n) is 6.44. The van der Waals surface area contributed by atoms with Crippen molar-refractivity contribution in [1.82, 2.24) is 0 Å². The van der Waals surface area contributed by atoms with Crippen LogP contribution in [0.2, 0.25) is 0 Å². The van der Waals surface area contributed by atoms with E-state index in [4.69, 9.17) is 10.5 Å². The Balaban J connectivity index is 2.06. The van der Waals surface area contributed by atoms with E-state index in [-0.39, 0.29) is 12.5 Å². The lowest BCUT2D eigenvalue weighted by molar-refractivity contribution is -0.119. The molecule has 3 N–H and O–H groups in total. The third-order valence-electron chi connectivity index (χ3n) is 2.79. The Labute approximate surface area is 122 Å². The molecule has 0 unspecified atom stereocenters. The zero-order valence-corrected chi connectivity index (χ0v) is 11.6. The van der Waals surface area contributed by atoms with Gasteiger partial charge in [-0.15, -0.1) is 0 Å². The smallest absolute Gasteiger partial charge is 0.255 e. The molecule has 0 aliphatic carbocycles. The SMILES string of the molecule is Cc1ccc(NC(=O)c2cccc(OCC(N)=O)c2)cc1. The highest BCUT2D eigenvalue weighted by molar-refractivity contribution is 6.04. The standard InChI is InChI=1S/C16H16N2O3/c1-11-5-7-13(8-6-11)18-16(20)12-3-2-4-14(9-12)21-10-15(17)19/h2-9H,10H2,1H3,(H2,17,19)(H,18,20). The van der Waals surface area contributed by atoms with Crippen molar-refractivity contribution in [3.8, 4) is 5.75 Å². The number of ether oxygens (including phenoxy) is 1. The number of amides is 2. The maximum Gasteiger partial charge on any atom is 0.255 e. The number of carbonyl (C=O) groups is 2. The minimum absolute atomic E-state index is 0.219. The molecular formula is C16H16N2O3. The van der Waals surface area contributed by atoms with E-state index in [1.165, 1.54) is 0 Å². The predicted octanol–water partition coefficient (Wildman–Crippen LogP) is 2.11. The van der Waals surface area contributed by atoms with Crippen LogP contribution in [0.5, 0.6) is 5.75 Å². The number of rotatable bonds is 5. The molecule has 5 nitrogen and oxygen atoms in total. The minimum atomic E-state index is -0.565. The first-order valence-corrected chi connectivity index (χ1v) is 6.44. The number of anilines is 1. The lowest BCUT2D eigenvalue weighted by Gasteiger charge is -2.08. The Kier molecular flexibility index (Phi) is 4.56. The van der Waals surface area contributed by atoms with Crippen molar-refractivity contribution in [2.24, 2.45) is 5.73 Å². The van der Waals surface area contributed by atoms with Crippen LogP contribution in [-0.4, -0.2) is 18.4 Å². The number of hydrogen-bond acceptors (Lipinski definition) is 3. The number of primary amides is 1. The summed E-state index contributed by atoms with van der Waals surface area (Å²) in [5, 5.41) is 2.79. The van der Waals surface area contributed by atoms with E-state index in [0.717, 1.165) is 5.56 Å². The van der Waals surface area contributed by atoms with E-state index in [2.05, 4.69) is 5.32 Å². The number of nitrogens with two attached hydrogens (primary N) is 1. The van der Waals surface area contributed by atoms with Gasteiger partial charge in [0, 0.05) is 11.3 Å². The van der Waals surface area contributed by atoms with Gasteiger partial charge in [-0.3, -0.25) is 9.59 Å². The molecule has 2 amide bonds. The van der Waals surface area contributed by atoms with Crippen molar-refractivity contribution in [2.75, 3.05) is 11.9 Å². The minimum Gasteiger partial charge on any atom is -0.484 e. The molecule has 0 saturated carbocycles. The molecule has 0 spiro atoms. The third kappa shape index (κ3) is 4.35. The Morgan fingerprint density at radius 3 is 2.52 bits per heavy atom. The summed E-state index contributed by atoms with van der Waals surface area (Å²) in [6.45, 7) is 1.76. The average Bonchev–Trinajstić information content (AvgIpc) is 2.48. The largest absolute Gasteiger partial charge is 0.484 e. The maximum absolute atomic E-state index is 12.1. The summed E-state index contributed by atoms with van der Waals surface area (Å²) in [7, 11) is 0. The van der Waals surface area contributed by atoms with Crippen LogP contribution in [0.15, 0.2) is 48.5 Å². The second-order valence-electron chi connectivity index (χ2n) is 4.60. The van der Waals surface area contributed by atoms with Gasteiger partial charge < -0.3 is 15.8 Å². The second kappa shape index (κ2) is 6.56. The van der Waals surface area contributed by atoms with Gasteiger partial charge in [-0.25, -0.2) is 0 Å². The molecule has 2 aromatic carbocycles. The van der Waals surface area contributed by atoms with Gasteiger partial charge in [-0.05, 0) is 37.3 Å². The quantitative estimate of drug-likeness (QED) is 0.882. The van der Waals surface area contributed by atoms with Crippen LogP contribution in [0.1, 0.15) is 15.9 Å². The molecule has 0 radical (unpaired) electrons. The summed E-state index contributed by atoms with van der Waals surface area (Å²) in [5.74, 6) is -0.391. The first kappa shape index (κ1) is 14.6. The van der Waals surface area contributed by atoms with E-state index < -0.39 is 5.91 Å². The van der Waals surface area contributed by atoms with E-state index in [9.17, 15) is 9.59 Å². The zero-order valence-electron chi connectivity index (χ0n) is 11.6. The molecule has 0 aliphatic heterocycles. The van der Waals surface area contributed by atoms with Crippen molar-refractivity contribution >= 4 is 17.5 Å². The predicted molar refractivity (Wildman–Crippen MR) is 80.3 cm³/mol. The average molecular weight is 284 g/mol.